The number of carbonyl (C=O) groups excluding carboxylic acids is 2. The van der Waals surface area contributed by atoms with Crippen LogP contribution in [-0.4, -0.2) is 22.4 Å². The zero-order valence-electron chi connectivity index (χ0n) is 17.8. The molecule has 0 aliphatic heterocycles. The van der Waals surface area contributed by atoms with Gasteiger partial charge < -0.3 is 5.32 Å². The van der Waals surface area contributed by atoms with E-state index in [0.717, 1.165) is 12.3 Å². The smallest absolute Gasteiger partial charge is 0.272 e. The molecule has 1 aliphatic carbocycles. The fraction of sp³-hybridized carbons (Fsp3) is 0.125. The van der Waals surface area contributed by atoms with Crippen LogP contribution in [0, 0.1) is 17.6 Å². The first kappa shape index (κ1) is 26.6. The number of anilines is 1. The number of rotatable bonds is 6. The molecule has 1 aliphatic rings. The fourth-order valence-electron chi connectivity index (χ4n) is 3.65. The first-order valence-electron chi connectivity index (χ1n) is 10.2. The third kappa shape index (κ3) is 5.76. The minimum Gasteiger partial charge on any atom is -0.326 e. The minimum atomic E-state index is -1.38. The molecule has 2 atom stereocenters. The van der Waals surface area contributed by atoms with E-state index in [-0.39, 0.29) is 21.8 Å². The standard InChI is InChI=1S/C24H14Cl5F2N3O2/c25-13-5-12(6-14(26)7-13)20-21(24(20,28)29)23(36)33-16-3-4-18(27)17(9-16)22(35)34-32-10-11-1-2-15(30)8-19(11)31/h1-10,20-21H,(H,33,36)(H,34,35)/t20-,21+/m0/s1. The Hall–Kier alpha value is -2.42. The lowest BCUT2D eigenvalue weighted by atomic mass is 10.1. The van der Waals surface area contributed by atoms with Gasteiger partial charge in [0.05, 0.1) is 22.7 Å². The highest BCUT2D eigenvalue weighted by Gasteiger charge is 2.67. The molecule has 186 valence electrons. The summed E-state index contributed by atoms with van der Waals surface area (Å²) in [7, 11) is 0. The zero-order valence-corrected chi connectivity index (χ0v) is 21.6. The van der Waals surface area contributed by atoms with E-state index in [0.29, 0.717) is 21.7 Å². The van der Waals surface area contributed by atoms with Crippen LogP contribution >= 0.6 is 58.0 Å². The van der Waals surface area contributed by atoms with Crippen molar-refractivity contribution in [2.24, 2.45) is 11.0 Å². The fourth-order valence-corrected chi connectivity index (χ4v) is 5.22. The van der Waals surface area contributed by atoms with Gasteiger partial charge in [0.15, 0.2) is 0 Å². The summed E-state index contributed by atoms with van der Waals surface area (Å²) in [6.45, 7) is 0. The Bertz CT molecular complexity index is 1380. The molecule has 3 aromatic rings. The van der Waals surface area contributed by atoms with Crippen LogP contribution in [0.4, 0.5) is 14.5 Å². The quantitative estimate of drug-likeness (QED) is 0.181. The molecule has 0 saturated heterocycles. The number of hydrogen-bond acceptors (Lipinski definition) is 3. The van der Waals surface area contributed by atoms with Gasteiger partial charge >= 0.3 is 0 Å². The lowest BCUT2D eigenvalue weighted by Gasteiger charge is -2.09. The monoisotopic (exact) mass is 589 g/mol. The lowest BCUT2D eigenvalue weighted by molar-refractivity contribution is -0.117. The molecule has 0 spiro atoms. The molecule has 0 unspecified atom stereocenters. The average molecular weight is 592 g/mol. The average Bonchev–Trinajstić information content (AvgIpc) is 3.38. The van der Waals surface area contributed by atoms with E-state index >= 15 is 0 Å². The van der Waals surface area contributed by atoms with Crippen LogP contribution in [0.25, 0.3) is 0 Å². The van der Waals surface area contributed by atoms with E-state index in [9.17, 15) is 18.4 Å². The Morgan fingerprint density at radius 1 is 0.944 bits per heavy atom. The molecule has 2 N–H and O–H groups in total. The van der Waals surface area contributed by atoms with Crippen molar-refractivity contribution >= 4 is 81.7 Å². The largest absolute Gasteiger partial charge is 0.326 e. The molecule has 0 bridgehead atoms. The van der Waals surface area contributed by atoms with Crippen molar-refractivity contribution in [2.45, 2.75) is 10.3 Å². The second-order valence-electron chi connectivity index (χ2n) is 7.88. The van der Waals surface area contributed by atoms with Crippen LogP contribution in [0.1, 0.15) is 27.4 Å². The molecule has 4 rings (SSSR count). The van der Waals surface area contributed by atoms with Gasteiger partial charge in [0.2, 0.25) is 5.91 Å². The van der Waals surface area contributed by atoms with E-state index in [4.69, 9.17) is 58.0 Å². The Balaban J connectivity index is 1.46. The third-order valence-corrected chi connectivity index (χ3v) is 7.10. The predicted octanol–water partition coefficient (Wildman–Crippen LogP) is 7.21. The van der Waals surface area contributed by atoms with Crippen LogP contribution < -0.4 is 10.7 Å². The van der Waals surface area contributed by atoms with Crippen LogP contribution in [-0.2, 0) is 4.79 Å². The van der Waals surface area contributed by atoms with Gasteiger partial charge in [-0.1, -0.05) is 34.8 Å². The number of nitrogens with one attached hydrogen (secondary N) is 2. The topological polar surface area (TPSA) is 70.6 Å². The van der Waals surface area contributed by atoms with Gasteiger partial charge in [-0.05, 0) is 54.1 Å². The van der Waals surface area contributed by atoms with Crippen molar-refractivity contribution in [3.05, 3.63) is 98.0 Å². The maximum absolute atomic E-state index is 13.7. The van der Waals surface area contributed by atoms with E-state index in [2.05, 4.69) is 15.8 Å². The van der Waals surface area contributed by atoms with Crippen LogP contribution in [0.3, 0.4) is 0 Å². The molecule has 5 nitrogen and oxygen atoms in total. The summed E-state index contributed by atoms with van der Waals surface area (Å²) in [5, 5.41) is 7.18. The maximum atomic E-state index is 13.7. The number of alkyl halides is 2. The number of hydrogen-bond donors (Lipinski definition) is 2. The van der Waals surface area contributed by atoms with Gasteiger partial charge in [0.25, 0.3) is 5.91 Å². The summed E-state index contributed by atoms with van der Waals surface area (Å²) >= 11 is 31.0. The maximum Gasteiger partial charge on any atom is 0.272 e. The number of halogens is 7. The summed E-state index contributed by atoms with van der Waals surface area (Å²) in [5.41, 5.74) is 3.03. The molecule has 0 heterocycles. The number of benzene rings is 3. The number of nitrogens with zero attached hydrogens (tertiary/aromatic N) is 1. The van der Waals surface area contributed by atoms with E-state index < -0.39 is 39.6 Å². The molecule has 2 amide bonds. The van der Waals surface area contributed by atoms with Crippen LogP contribution in [0.5, 0.6) is 0 Å². The minimum absolute atomic E-state index is 0.0109. The Labute approximate surface area is 229 Å². The SMILES string of the molecule is O=C(NN=Cc1ccc(F)cc1F)c1cc(NC(=O)[C@H]2[C@H](c3cc(Cl)cc(Cl)c3)C2(Cl)Cl)ccc1Cl. The molecular formula is C24H14Cl5F2N3O2. The summed E-state index contributed by atoms with van der Waals surface area (Å²) in [5.74, 6) is -4.15. The molecule has 12 heteroatoms. The van der Waals surface area contributed by atoms with Crippen LogP contribution in [0.2, 0.25) is 15.1 Å². The van der Waals surface area contributed by atoms with Gasteiger partial charge in [-0.15, -0.1) is 23.2 Å². The Kier molecular flexibility index (Phi) is 7.78. The second kappa shape index (κ2) is 10.5. The summed E-state index contributed by atoms with van der Waals surface area (Å²) in [6.07, 6.45) is 1.02. The molecule has 3 aromatic carbocycles. The molecular weight excluding hydrogens is 578 g/mol. The van der Waals surface area contributed by atoms with E-state index in [1.807, 2.05) is 0 Å². The number of amides is 2. The normalized spacial score (nSPS) is 18.2. The summed E-state index contributed by atoms with van der Waals surface area (Å²) in [4.78, 5) is 25.5. The van der Waals surface area contributed by atoms with Gasteiger partial charge in [0, 0.05) is 33.3 Å². The molecule has 1 saturated carbocycles. The van der Waals surface area contributed by atoms with Crippen molar-refractivity contribution < 1.29 is 18.4 Å². The van der Waals surface area contributed by atoms with Crippen molar-refractivity contribution in [3.63, 3.8) is 0 Å². The highest BCUT2D eigenvalue weighted by atomic mass is 35.5. The van der Waals surface area contributed by atoms with E-state index in [1.54, 1.807) is 18.2 Å². The molecule has 1 fully saturated rings. The van der Waals surface area contributed by atoms with Gasteiger partial charge in [-0.3, -0.25) is 9.59 Å². The zero-order chi connectivity index (χ0) is 26.2. The third-order valence-electron chi connectivity index (χ3n) is 5.39. The van der Waals surface area contributed by atoms with E-state index in [1.165, 1.54) is 24.3 Å². The second-order valence-corrected chi connectivity index (χ2v) is 10.6. The Morgan fingerprint density at radius 2 is 1.64 bits per heavy atom. The molecule has 0 aromatic heterocycles. The highest BCUT2D eigenvalue weighted by molar-refractivity contribution is 6.53. The summed E-state index contributed by atoms with van der Waals surface area (Å²) in [6, 6.07) is 12.0. The number of hydrazone groups is 1. The highest BCUT2D eigenvalue weighted by Crippen LogP contribution is 2.65. The molecule has 0 radical (unpaired) electrons. The van der Waals surface area contributed by atoms with Crippen LogP contribution in [0.15, 0.2) is 59.7 Å². The van der Waals surface area contributed by atoms with Crippen molar-refractivity contribution in [3.8, 4) is 0 Å². The predicted molar refractivity (Wildman–Crippen MR) is 139 cm³/mol. The van der Waals surface area contributed by atoms with Gasteiger partial charge in [-0.25, -0.2) is 14.2 Å². The number of carbonyl (C=O) groups is 2. The Morgan fingerprint density at radius 3 is 2.31 bits per heavy atom. The van der Waals surface area contributed by atoms with Gasteiger partial charge in [-0.2, -0.15) is 5.10 Å². The van der Waals surface area contributed by atoms with Crippen molar-refractivity contribution in [1.82, 2.24) is 5.43 Å². The van der Waals surface area contributed by atoms with Gasteiger partial charge in [0.1, 0.15) is 16.0 Å². The lowest BCUT2D eigenvalue weighted by Crippen LogP contribution is -2.20. The van der Waals surface area contributed by atoms with Crippen molar-refractivity contribution in [2.75, 3.05) is 5.32 Å². The first-order chi connectivity index (χ1) is 17.0. The molecule has 36 heavy (non-hydrogen) atoms. The summed E-state index contributed by atoms with van der Waals surface area (Å²) < 4.78 is 25.3. The van der Waals surface area contributed by atoms with Crippen molar-refractivity contribution in [1.29, 1.82) is 0 Å². The first-order valence-corrected chi connectivity index (χ1v) is 12.1.